The van der Waals surface area contributed by atoms with Gasteiger partial charge in [0.2, 0.25) is 12.5 Å². The molecule has 5 atom stereocenters. The molecular weight excluding hydrogens is 644 g/mol. The molecule has 0 unspecified atom stereocenters. The van der Waals surface area contributed by atoms with Crippen molar-refractivity contribution in [2.75, 3.05) is 40.0 Å². The number of phenolic OH excluding ortho intramolecular Hbond substituents is 1. The van der Waals surface area contributed by atoms with Gasteiger partial charge in [0, 0.05) is 29.5 Å². The zero-order valence-corrected chi connectivity index (χ0v) is 27.6. The molecule has 0 bridgehead atoms. The predicted molar refractivity (Wildman–Crippen MR) is 180 cm³/mol. The normalized spacial score (nSPS) is 20.5. The fourth-order valence-electron chi connectivity index (χ4n) is 7.17. The third-order valence-electron chi connectivity index (χ3n) is 9.59. The van der Waals surface area contributed by atoms with Crippen LogP contribution < -0.4 is 29.6 Å². The fraction of sp³-hybridized carbons (Fsp3) is 0.289. The molecule has 2 heterocycles. The summed E-state index contributed by atoms with van der Waals surface area (Å²) < 4.78 is 33.1. The van der Waals surface area contributed by atoms with Gasteiger partial charge < -0.3 is 44.2 Å². The van der Waals surface area contributed by atoms with E-state index in [2.05, 4.69) is 10.6 Å². The number of rotatable bonds is 10. The van der Waals surface area contributed by atoms with E-state index in [1.54, 1.807) is 36.4 Å². The lowest BCUT2D eigenvalue weighted by Gasteiger charge is -2.40. The molecule has 1 fully saturated rings. The zero-order valence-electron chi connectivity index (χ0n) is 27.6. The van der Waals surface area contributed by atoms with Crippen LogP contribution in [0.15, 0.2) is 78.9 Å². The number of benzene rings is 4. The molecule has 1 aliphatic carbocycles. The summed E-state index contributed by atoms with van der Waals surface area (Å²) in [7, 11) is 4.20. The van der Waals surface area contributed by atoms with Gasteiger partial charge >= 0.3 is 11.9 Å². The average Bonchev–Trinajstić information content (AvgIpc) is 3.77. The van der Waals surface area contributed by atoms with Crippen LogP contribution in [0.3, 0.4) is 0 Å². The van der Waals surface area contributed by atoms with Gasteiger partial charge in [-0.3, -0.25) is 9.59 Å². The lowest BCUT2D eigenvalue weighted by molar-refractivity contribution is -0.143. The number of methoxy groups -OCH3 is 3. The third kappa shape index (κ3) is 5.97. The Morgan fingerprint density at radius 2 is 1.54 bits per heavy atom. The van der Waals surface area contributed by atoms with Crippen LogP contribution in [-0.2, 0) is 25.5 Å². The Bertz CT molecular complexity index is 1910. The standard InChI is InChI=1S/C38H36N2O10/c1-45-30-14-22(15-31(46-2)35(30)41)32-24-16-28-29(50-19-49-28)17-25(24)34(26-18-48-38(44)33(26)32)39-23-11-9-21(10-12-23)36(42)40-27(37(43)47-3)13-20-7-5-4-6-8-20/h4-12,14-17,26-27,32-34,39,41H,13,18-19H2,1-3H3,(H,40,42)/t26-,27-,32+,33-,34+/m0/s1. The number of fused-ring (bicyclic) bond motifs is 3. The summed E-state index contributed by atoms with van der Waals surface area (Å²) in [5.41, 5.74) is 4.36. The SMILES string of the molecule is COC(=O)[C@H](Cc1ccccc1)NC(=O)c1ccc(N[C@@H]2c3cc4c(cc3[C@@H](c3cc(OC)c(O)c(OC)c3)[C@H]3C(=O)OC[C@@H]32)OCO4)cc1. The van der Waals surface area contributed by atoms with Gasteiger partial charge in [0.25, 0.3) is 5.91 Å². The van der Waals surface area contributed by atoms with Gasteiger partial charge in [0.05, 0.1) is 39.9 Å². The van der Waals surface area contributed by atoms with E-state index in [-0.39, 0.29) is 55.0 Å². The van der Waals surface area contributed by atoms with E-state index in [4.69, 9.17) is 28.4 Å². The van der Waals surface area contributed by atoms with Crippen molar-refractivity contribution >= 4 is 23.5 Å². The van der Waals surface area contributed by atoms with Crippen LogP contribution in [-0.4, -0.2) is 63.7 Å². The highest BCUT2D eigenvalue weighted by molar-refractivity contribution is 5.97. The summed E-state index contributed by atoms with van der Waals surface area (Å²) in [4.78, 5) is 39.3. The second-order valence-corrected chi connectivity index (χ2v) is 12.3. The lowest BCUT2D eigenvalue weighted by Crippen LogP contribution is -2.43. The van der Waals surface area contributed by atoms with Crippen molar-refractivity contribution in [1.82, 2.24) is 5.32 Å². The first kappa shape index (κ1) is 32.6. The molecule has 4 aromatic carbocycles. The fourth-order valence-corrected chi connectivity index (χ4v) is 7.17. The first-order valence-corrected chi connectivity index (χ1v) is 16.1. The quantitative estimate of drug-likeness (QED) is 0.199. The number of nitrogens with one attached hydrogen (secondary N) is 2. The van der Waals surface area contributed by atoms with Crippen molar-refractivity contribution in [3.05, 3.63) is 107 Å². The number of esters is 2. The second-order valence-electron chi connectivity index (χ2n) is 12.3. The van der Waals surface area contributed by atoms with E-state index in [9.17, 15) is 19.5 Å². The molecule has 0 spiro atoms. The molecule has 3 N–H and O–H groups in total. The number of phenols is 1. The summed E-state index contributed by atoms with van der Waals surface area (Å²) in [6.45, 7) is 0.247. The highest BCUT2D eigenvalue weighted by atomic mass is 16.7. The number of carbonyl (C=O) groups excluding carboxylic acids is 3. The Morgan fingerprint density at radius 3 is 2.18 bits per heavy atom. The minimum atomic E-state index is -0.863. The van der Waals surface area contributed by atoms with E-state index in [0.717, 1.165) is 16.7 Å². The molecule has 0 aromatic heterocycles. The van der Waals surface area contributed by atoms with E-state index < -0.39 is 29.8 Å². The van der Waals surface area contributed by atoms with Crippen molar-refractivity contribution in [1.29, 1.82) is 0 Å². The topological polar surface area (TPSA) is 151 Å². The first-order valence-electron chi connectivity index (χ1n) is 16.1. The predicted octanol–water partition coefficient (Wildman–Crippen LogP) is 4.74. The van der Waals surface area contributed by atoms with E-state index in [1.807, 2.05) is 42.5 Å². The first-order chi connectivity index (χ1) is 24.3. The number of aromatic hydroxyl groups is 1. The largest absolute Gasteiger partial charge is 0.502 e. The van der Waals surface area contributed by atoms with Gasteiger partial charge in [0.1, 0.15) is 6.04 Å². The molecule has 12 heteroatoms. The highest BCUT2D eigenvalue weighted by Crippen LogP contribution is 2.56. The molecule has 2 aliphatic heterocycles. The second kappa shape index (κ2) is 13.5. The van der Waals surface area contributed by atoms with Crippen LogP contribution in [0.4, 0.5) is 5.69 Å². The van der Waals surface area contributed by atoms with Gasteiger partial charge in [-0.2, -0.15) is 0 Å². The summed E-state index contributed by atoms with van der Waals surface area (Å²) in [5, 5.41) is 17.0. The maximum atomic E-state index is 13.5. The summed E-state index contributed by atoms with van der Waals surface area (Å²) >= 11 is 0. The van der Waals surface area contributed by atoms with Crippen LogP contribution in [0.2, 0.25) is 0 Å². The number of cyclic esters (lactones) is 1. The van der Waals surface area contributed by atoms with Crippen molar-refractivity contribution in [2.24, 2.45) is 11.8 Å². The van der Waals surface area contributed by atoms with E-state index >= 15 is 0 Å². The Labute approximate surface area is 288 Å². The number of hydrogen-bond donors (Lipinski definition) is 3. The number of hydrogen-bond acceptors (Lipinski definition) is 11. The van der Waals surface area contributed by atoms with Crippen molar-refractivity contribution in [2.45, 2.75) is 24.4 Å². The van der Waals surface area contributed by atoms with Crippen LogP contribution in [0.25, 0.3) is 0 Å². The Balaban J connectivity index is 1.20. The number of carbonyl (C=O) groups is 3. The number of ether oxygens (including phenoxy) is 6. The Morgan fingerprint density at radius 1 is 0.880 bits per heavy atom. The highest BCUT2D eigenvalue weighted by Gasteiger charge is 2.52. The molecule has 50 heavy (non-hydrogen) atoms. The molecular formula is C38H36N2O10. The molecule has 258 valence electrons. The van der Waals surface area contributed by atoms with Crippen molar-refractivity contribution in [3.63, 3.8) is 0 Å². The summed E-state index contributed by atoms with van der Waals surface area (Å²) in [5.74, 6) is -1.24. The molecule has 0 radical (unpaired) electrons. The van der Waals surface area contributed by atoms with Gasteiger partial charge in [-0.1, -0.05) is 30.3 Å². The van der Waals surface area contributed by atoms with Gasteiger partial charge in [-0.05, 0) is 70.8 Å². The van der Waals surface area contributed by atoms with Crippen LogP contribution in [0, 0.1) is 11.8 Å². The van der Waals surface area contributed by atoms with Crippen molar-refractivity contribution in [3.8, 4) is 28.7 Å². The van der Waals surface area contributed by atoms with Crippen LogP contribution in [0.1, 0.15) is 44.6 Å². The van der Waals surface area contributed by atoms with Crippen LogP contribution in [0.5, 0.6) is 28.7 Å². The van der Waals surface area contributed by atoms with Crippen molar-refractivity contribution < 1.29 is 47.9 Å². The minimum Gasteiger partial charge on any atom is -0.502 e. The number of anilines is 1. The molecule has 12 nitrogen and oxygen atoms in total. The van der Waals surface area contributed by atoms with Gasteiger partial charge in [-0.25, -0.2) is 4.79 Å². The monoisotopic (exact) mass is 680 g/mol. The Hall–Kier alpha value is -5.91. The molecule has 7 rings (SSSR count). The van der Waals surface area contributed by atoms with E-state index in [0.29, 0.717) is 28.3 Å². The minimum absolute atomic E-state index is 0.0719. The maximum Gasteiger partial charge on any atom is 0.328 e. The van der Waals surface area contributed by atoms with E-state index in [1.165, 1.54) is 21.3 Å². The van der Waals surface area contributed by atoms with Crippen LogP contribution >= 0.6 is 0 Å². The Kier molecular flexibility index (Phi) is 8.83. The average molecular weight is 681 g/mol. The maximum absolute atomic E-state index is 13.5. The summed E-state index contributed by atoms with van der Waals surface area (Å²) in [6.07, 6.45) is 0.284. The molecule has 1 amide bonds. The van der Waals surface area contributed by atoms with Gasteiger partial charge in [0.15, 0.2) is 23.0 Å². The molecule has 1 saturated heterocycles. The zero-order chi connectivity index (χ0) is 34.9. The number of amides is 1. The third-order valence-corrected chi connectivity index (χ3v) is 9.59. The smallest absolute Gasteiger partial charge is 0.328 e. The summed E-state index contributed by atoms with van der Waals surface area (Å²) in [6, 6.07) is 22.3. The lowest BCUT2D eigenvalue weighted by atomic mass is 9.65. The molecule has 3 aliphatic rings. The molecule has 0 saturated carbocycles. The van der Waals surface area contributed by atoms with Gasteiger partial charge in [-0.15, -0.1) is 0 Å². The molecule has 4 aromatic rings.